The lowest BCUT2D eigenvalue weighted by molar-refractivity contribution is -0.136. The molecule has 2 aliphatic heterocycles. The van der Waals surface area contributed by atoms with E-state index < -0.39 is 10.0 Å². The summed E-state index contributed by atoms with van der Waals surface area (Å²) < 4.78 is 27.8. The highest BCUT2D eigenvalue weighted by Crippen LogP contribution is 2.27. The Morgan fingerprint density at radius 1 is 1.00 bits per heavy atom. The monoisotopic (exact) mass is 378 g/mol. The standard InChI is InChI=1S/C20H30N2O3S/c1-16-9-10-17(2)19(14-16)26(24,25)22-13-7-8-18(15-22)20(23)21-11-5-3-4-6-12-21/h9-10,14,18H,3-8,11-13,15H2,1-2H3. The van der Waals surface area contributed by atoms with Crippen LogP contribution in [0, 0.1) is 19.8 Å². The van der Waals surface area contributed by atoms with Gasteiger partial charge in [-0.25, -0.2) is 8.42 Å². The fourth-order valence-corrected chi connectivity index (χ4v) is 5.87. The zero-order valence-corrected chi connectivity index (χ0v) is 16.7. The van der Waals surface area contributed by atoms with Crippen LogP contribution in [-0.2, 0) is 14.8 Å². The summed E-state index contributed by atoms with van der Waals surface area (Å²) in [6.07, 6.45) is 6.01. The minimum atomic E-state index is -3.56. The van der Waals surface area contributed by atoms with Gasteiger partial charge in [0, 0.05) is 26.2 Å². The zero-order valence-electron chi connectivity index (χ0n) is 15.9. The van der Waals surface area contributed by atoms with Crippen molar-refractivity contribution in [3.05, 3.63) is 29.3 Å². The molecule has 6 heteroatoms. The SMILES string of the molecule is Cc1ccc(C)c(S(=O)(=O)N2CCCC(C(=O)N3CCCCCC3)C2)c1. The van der Waals surface area contributed by atoms with Crippen molar-refractivity contribution < 1.29 is 13.2 Å². The van der Waals surface area contributed by atoms with E-state index in [9.17, 15) is 13.2 Å². The number of amides is 1. The van der Waals surface area contributed by atoms with Crippen LogP contribution in [0.4, 0.5) is 0 Å². The molecule has 0 radical (unpaired) electrons. The average Bonchev–Trinajstić information content (AvgIpc) is 2.92. The number of carbonyl (C=O) groups is 1. The fourth-order valence-electron chi connectivity index (χ4n) is 4.04. The second-order valence-corrected chi connectivity index (χ2v) is 9.62. The molecule has 1 aromatic rings. The number of piperidine rings is 1. The van der Waals surface area contributed by atoms with E-state index in [0.29, 0.717) is 18.0 Å². The van der Waals surface area contributed by atoms with E-state index >= 15 is 0 Å². The Hall–Kier alpha value is -1.40. The van der Waals surface area contributed by atoms with Crippen LogP contribution in [0.15, 0.2) is 23.1 Å². The zero-order chi connectivity index (χ0) is 18.7. The van der Waals surface area contributed by atoms with Crippen molar-refractivity contribution in [2.45, 2.75) is 57.3 Å². The highest BCUT2D eigenvalue weighted by atomic mass is 32.2. The van der Waals surface area contributed by atoms with E-state index in [2.05, 4.69) is 0 Å². The van der Waals surface area contributed by atoms with Crippen LogP contribution in [-0.4, -0.2) is 49.7 Å². The number of aryl methyl sites for hydroxylation is 2. The molecule has 1 aromatic carbocycles. The highest BCUT2D eigenvalue weighted by molar-refractivity contribution is 7.89. The van der Waals surface area contributed by atoms with Crippen molar-refractivity contribution >= 4 is 15.9 Å². The summed E-state index contributed by atoms with van der Waals surface area (Å²) in [5.74, 6) is -0.0606. The fraction of sp³-hybridized carbons (Fsp3) is 0.650. The molecule has 144 valence electrons. The summed E-state index contributed by atoms with van der Waals surface area (Å²) in [4.78, 5) is 15.3. The van der Waals surface area contributed by atoms with Crippen LogP contribution in [0.5, 0.6) is 0 Å². The number of rotatable bonds is 3. The molecule has 2 heterocycles. The van der Waals surface area contributed by atoms with E-state index in [1.165, 1.54) is 17.1 Å². The van der Waals surface area contributed by atoms with Crippen molar-refractivity contribution in [2.75, 3.05) is 26.2 Å². The van der Waals surface area contributed by atoms with Crippen molar-refractivity contribution in [3.8, 4) is 0 Å². The second kappa shape index (κ2) is 8.09. The Kier molecular flexibility index (Phi) is 6.03. The first-order valence-electron chi connectivity index (χ1n) is 9.76. The van der Waals surface area contributed by atoms with Gasteiger partial charge in [0.1, 0.15) is 0 Å². The lowest BCUT2D eigenvalue weighted by atomic mass is 9.98. The second-order valence-electron chi connectivity index (χ2n) is 7.71. The predicted molar refractivity (Wildman–Crippen MR) is 102 cm³/mol. The van der Waals surface area contributed by atoms with Gasteiger partial charge in [0.25, 0.3) is 0 Å². The van der Waals surface area contributed by atoms with Gasteiger partial charge in [0.15, 0.2) is 0 Å². The molecule has 0 saturated carbocycles. The third-order valence-corrected chi connectivity index (χ3v) is 7.62. The highest BCUT2D eigenvalue weighted by Gasteiger charge is 2.35. The van der Waals surface area contributed by atoms with Crippen molar-refractivity contribution in [3.63, 3.8) is 0 Å². The lowest BCUT2D eigenvalue weighted by Crippen LogP contribution is -2.47. The molecule has 26 heavy (non-hydrogen) atoms. The van der Waals surface area contributed by atoms with Crippen LogP contribution in [0.1, 0.15) is 49.7 Å². The van der Waals surface area contributed by atoms with Gasteiger partial charge < -0.3 is 4.90 Å². The molecular formula is C20H30N2O3S. The van der Waals surface area contributed by atoms with Crippen LogP contribution in [0.2, 0.25) is 0 Å². The minimum Gasteiger partial charge on any atom is -0.342 e. The van der Waals surface area contributed by atoms with Crippen LogP contribution in [0.25, 0.3) is 0 Å². The van der Waals surface area contributed by atoms with Crippen LogP contribution in [0.3, 0.4) is 0 Å². The van der Waals surface area contributed by atoms with Gasteiger partial charge in [0.05, 0.1) is 10.8 Å². The quantitative estimate of drug-likeness (QED) is 0.812. The van der Waals surface area contributed by atoms with Gasteiger partial charge in [0.2, 0.25) is 15.9 Å². The van der Waals surface area contributed by atoms with Gasteiger partial charge in [-0.15, -0.1) is 0 Å². The van der Waals surface area contributed by atoms with Crippen LogP contribution >= 0.6 is 0 Å². The smallest absolute Gasteiger partial charge is 0.243 e. The van der Waals surface area contributed by atoms with Crippen molar-refractivity contribution in [2.24, 2.45) is 5.92 Å². The molecule has 2 aliphatic rings. The summed E-state index contributed by atoms with van der Waals surface area (Å²) in [7, 11) is -3.56. The number of nitrogens with zero attached hydrogens (tertiary/aromatic N) is 2. The van der Waals surface area contributed by atoms with Gasteiger partial charge in [-0.2, -0.15) is 4.31 Å². The number of carbonyl (C=O) groups excluding carboxylic acids is 1. The Balaban J connectivity index is 1.77. The molecule has 0 aromatic heterocycles. The van der Waals surface area contributed by atoms with E-state index in [0.717, 1.165) is 49.9 Å². The van der Waals surface area contributed by atoms with Crippen molar-refractivity contribution in [1.82, 2.24) is 9.21 Å². The molecule has 0 aliphatic carbocycles. The normalized spacial score (nSPS) is 22.8. The Labute approximate surface area is 157 Å². The lowest BCUT2D eigenvalue weighted by Gasteiger charge is -2.34. The topological polar surface area (TPSA) is 57.7 Å². The summed E-state index contributed by atoms with van der Waals surface area (Å²) in [5, 5.41) is 0. The molecule has 1 amide bonds. The Bertz CT molecular complexity index is 752. The van der Waals surface area contributed by atoms with Crippen LogP contribution < -0.4 is 0 Å². The summed E-state index contributed by atoms with van der Waals surface area (Å²) in [6.45, 7) is 6.18. The average molecular weight is 379 g/mol. The molecule has 0 N–H and O–H groups in total. The summed E-state index contributed by atoms with van der Waals surface area (Å²) in [5.41, 5.74) is 1.69. The first kappa shape index (κ1) is 19.4. The largest absolute Gasteiger partial charge is 0.342 e. The molecule has 0 bridgehead atoms. The number of likely N-dealkylation sites (tertiary alicyclic amines) is 1. The molecule has 2 saturated heterocycles. The Morgan fingerprint density at radius 2 is 1.69 bits per heavy atom. The maximum atomic E-state index is 13.2. The van der Waals surface area contributed by atoms with E-state index in [1.807, 2.05) is 30.9 Å². The van der Waals surface area contributed by atoms with Gasteiger partial charge >= 0.3 is 0 Å². The number of benzene rings is 1. The first-order valence-corrected chi connectivity index (χ1v) is 11.2. The maximum Gasteiger partial charge on any atom is 0.243 e. The third kappa shape index (κ3) is 4.12. The van der Waals surface area contributed by atoms with E-state index in [-0.39, 0.29) is 11.8 Å². The maximum absolute atomic E-state index is 13.2. The summed E-state index contributed by atoms with van der Waals surface area (Å²) >= 11 is 0. The molecule has 1 atom stereocenters. The van der Waals surface area contributed by atoms with Gasteiger partial charge in [-0.1, -0.05) is 25.0 Å². The van der Waals surface area contributed by atoms with Crippen molar-refractivity contribution in [1.29, 1.82) is 0 Å². The third-order valence-electron chi connectivity index (χ3n) is 5.61. The molecule has 1 unspecified atom stereocenters. The number of hydrogen-bond acceptors (Lipinski definition) is 3. The molecule has 2 fully saturated rings. The number of sulfonamides is 1. The predicted octanol–water partition coefficient (Wildman–Crippen LogP) is 3.11. The molecule has 0 spiro atoms. The first-order chi connectivity index (χ1) is 12.4. The molecular weight excluding hydrogens is 348 g/mol. The summed E-state index contributed by atoms with van der Waals surface area (Å²) in [6, 6.07) is 5.52. The van der Waals surface area contributed by atoms with Gasteiger partial charge in [-0.3, -0.25) is 4.79 Å². The van der Waals surface area contributed by atoms with Gasteiger partial charge in [-0.05, 0) is 56.7 Å². The van der Waals surface area contributed by atoms with E-state index in [1.54, 1.807) is 6.07 Å². The molecule has 3 rings (SSSR count). The Morgan fingerprint density at radius 3 is 2.38 bits per heavy atom. The van der Waals surface area contributed by atoms with E-state index in [4.69, 9.17) is 0 Å². The number of hydrogen-bond donors (Lipinski definition) is 0. The minimum absolute atomic E-state index is 0.146. The molecule has 5 nitrogen and oxygen atoms in total.